The van der Waals surface area contributed by atoms with Crippen LogP contribution in [-0.2, 0) is 17.1 Å². The molecule has 0 fully saturated rings. The van der Waals surface area contributed by atoms with E-state index in [2.05, 4.69) is 18.2 Å². The number of carbonyl (C=O) groups is 1. The van der Waals surface area contributed by atoms with Gasteiger partial charge in [0.05, 0.1) is 30.5 Å². The van der Waals surface area contributed by atoms with Crippen molar-refractivity contribution < 1.29 is 9.21 Å². The fraction of sp³-hybridized carbons (Fsp3) is 0.333. The van der Waals surface area contributed by atoms with Gasteiger partial charge in [-0.25, -0.2) is 0 Å². The Balaban J connectivity index is 1.93. The second-order valence-corrected chi connectivity index (χ2v) is 6.52. The first kappa shape index (κ1) is 17.2. The molecule has 0 spiro atoms. The predicted molar refractivity (Wildman–Crippen MR) is 91.6 cm³/mol. The summed E-state index contributed by atoms with van der Waals surface area (Å²) in [5, 5.41) is 8.63. The van der Waals surface area contributed by atoms with E-state index >= 15 is 0 Å². The third-order valence-corrected chi connectivity index (χ3v) is 4.62. The maximum absolute atomic E-state index is 12.7. The summed E-state index contributed by atoms with van der Waals surface area (Å²) >= 11 is 1.61. The van der Waals surface area contributed by atoms with Crippen LogP contribution in [0.1, 0.15) is 24.7 Å². The van der Waals surface area contributed by atoms with Crippen LogP contribution in [0.3, 0.4) is 0 Å². The van der Waals surface area contributed by atoms with Gasteiger partial charge in [0.1, 0.15) is 5.76 Å². The Labute approximate surface area is 141 Å². The number of nitriles is 1. The normalized spacial score (nSPS) is 11.7. The molecule has 0 radical (unpaired) electrons. The molecule has 1 unspecified atom stereocenters. The molecule has 0 aliphatic rings. The fourth-order valence-electron chi connectivity index (χ4n) is 2.17. The van der Waals surface area contributed by atoms with Gasteiger partial charge in [-0.15, -0.1) is 11.8 Å². The Kier molecular flexibility index (Phi) is 6.76. The van der Waals surface area contributed by atoms with Gasteiger partial charge in [-0.3, -0.25) is 4.79 Å². The molecule has 0 bridgehead atoms. The molecule has 0 aliphatic heterocycles. The molecule has 5 heteroatoms. The fourth-order valence-corrected chi connectivity index (χ4v) is 3.09. The number of furan rings is 1. The molecule has 23 heavy (non-hydrogen) atoms. The van der Waals surface area contributed by atoms with E-state index in [1.165, 1.54) is 5.56 Å². The highest BCUT2D eigenvalue weighted by atomic mass is 32.2. The maximum Gasteiger partial charge on any atom is 0.235 e. The summed E-state index contributed by atoms with van der Waals surface area (Å²) in [7, 11) is 0. The number of rotatable bonds is 8. The summed E-state index contributed by atoms with van der Waals surface area (Å²) in [6, 6.07) is 15.8. The van der Waals surface area contributed by atoms with Crippen molar-refractivity contribution in [1.82, 2.24) is 4.90 Å². The number of thioether (sulfide) groups is 1. The van der Waals surface area contributed by atoms with E-state index < -0.39 is 0 Å². The highest BCUT2D eigenvalue weighted by Gasteiger charge is 2.21. The lowest BCUT2D eigenvalue weighted by molar-refractivity contribution is -0.131. The summed E-state index contributed by atoms with van der Waals surface area (Å²) in [5.41, 5.74) is 1.20. The lowest BCUT2D eigenvalue weighted by Crippen LogP contribution is -2.36. The summed E-state index contributed by atoms with van der Waals surface area (Å²) in [4.78, 5) is 14.3. The molecule has 1 amide bonds. The number of benzene rings is 1. The van der Waals surface area contributed by atoms with Gasteiger partial charge >= 0.3 is 0 Å². The topological polar surface area (TPSA) is 57.2 Å². The summed E-state index contributed by atoms with van der Waals surface area (Å²) in [6.45, 7) is 2.74. The first-order chi connectivity index (χ1) is 11.2. The molecular formula is C18H20N2O2S. The Hall–Kier alpha value is -2.19. The molecule has 1 aromatic carbocycles. The molecule has 1 aromatic heterocycles. The van der Waals surface area contributed by atoms with Crippen molar-refractivity contribution in [3.05, 3.63) is 60.1 Å². The number of carbonyl (C=O) groups excluding carboxylic acids is 1. The molecule has 0 aliphatic carbocycles. The average Bonchev–Trinajstić information content (AvgIpc) is 3.09. The molecule has 2 rings (SSSR count). The molecule has 2 aromatic rings. The van der Waals surface area contributed by atoms with E-state index in [1.807, 2.05) is 31.2 Å². The van der Waals surface area contributed by atoms with Gasteiger partial charge in [0.15, 0.2) is 0 Å². The standard InChI is InChI=1S/C18H20N2O2S/c1-15(23-14-16-7-3-2-4-8-16)18(21)20(11-6-10-19)13-17-9-5-12-22-17/h2-5,7-9,12,15H,6,11,13-14H2,1H3. The average molecular weight is 328 g/mol. The summed E-state index contributed by atoms with van der Waals surface area (Å²) < 4.78 is 5.32. The van der Waals surface area contributed by atoms with Crippen LogP contribution in [0.5, 0.6) is 0 Å². The molecule has 120 valence electrons. The monoisotopic (exact) mass is 328 g/mol. The largest absolute Gasteiger partial charge is 0.467 e. The van der Waals surface area contributed by atoms with Crippen molar-refractivity contribution in [3.8, 4) is 6.07 Å². The van der Waals surface area contributed by atoms with E-state index in [0.29, 0.717) is 19.5 Å². The Morgan fingerprint density at radius 1 is 1.30 bits per heavy atom. The van der Waals surface area contributed by atoms with Crippen molar-refractivity contribution in [2.45, 2.75) is 30.9 Å². The minimum absolute atomic E-state index is 0.0394. The number of amides is 1. The highest BCUT2D eigenvalue weighted by Crippen LogP contribution is 2.20. The number of hydrogen-bond acceptors (Lipinski definition) is 4. The quantitative estimate of drug-likeness (QED) is 0.738. The van der Waals surface area contributed by atoms with Crippen LogP contribution in [0, 0.1) is 11.3 Å². The number of nitrogens with zero attached hydrogens (tertiary/aromatic N) is 2. The van der Waals surface area contributed by atoms with Crippen molar-refractivity contribution in [2.24, 2.45) is 0 Å². The Morgan fingerprint density at radius 2 is 2.09 bits per heavy atom. The zero-order chi connectivity index (χ0) is 16.5. The van der Waals surface area contributed by atoms with Crippen LogP contribution in [-0.4, -0.2) is 22.6 Å². The zero-order valence-electron chi connectivity index (χ0n) is 13.1. The highest BCUT2D eigenvalue weighted by molar-refractivity contribution is 7.99. The van der Waals surface area contributed by atoms with Crippen LogP contribution in [0.2, 0.25) is 0 Å². The van der Waals surface area contributed by atoms with Gasteiger partial charge in [-0.05, 0) is 24.6 Å². The van der Waals surface area contributed by atoms with Crippen LogP contribution >= 0.6 is 11.8 Å². The first-order valence-corrected chi connectivity index (χ1v) is 8.59. The molecule has 1 atom stereocenters. The van der Waals surface area contributed by atoms with Crippen molar-refractivity contribution in [1.29, 1.82) is 5.26 Å². The molecule has 0 saturated carbocycles. The van der Waals surface area contributed by atoms with Gasteiger partial charge in [0, 0.05) is 12.3 Å². The van der Waals surface area contributed by atoms with Gasteiger partial charge in [0.2, 0.25) is 5.91 Å². The Bertz CT molecular complexity index is 635. The van der Waals surface area contributed by atoms with Gasteiger partial charge in [-0.1, -0.05) is 30.3 Å². The molecular weight excluding hydrogens is 308 g/mol. The minimum Gasteiger partial charge on any atom is -0.467 e. The third-order valence-electron chi connectivity index (χ3n) is 3.42. The zero-order valence-corrected chi connectivity index (χ0v) is 14.0. The SMILES string of the molecule is CC(SCc1ccccc1)C(=O)N(CCC#N)Cc1ccco1. The molecule has 1 heterocycles. The molecule has 0 saturated heterocycles. The third kappa shape index (κ3) is 5.50. The second-order valence-electron chi connectivity index (χ2n) is 5.19. The first-order valence-electron chi connectivity index (χ1n) is 7.54. The van der Waals surface area contributed by atoms with Gasteiger partial charge < -0.3 is 9.32 Å². The summed E-state index contributed by atoms with van der Waals surface area (Å²) in [5.74, 6) is 1.56. The molecule has 0 N–H and O–H groups in total. The number of hydrogen-bond donors (Lipinski definition) is 0. The van der Waals surface area contributed by atoms with E-state index in [1.54, 1.807) is 29.0 Å². The van der Waals surface area contributed by atoms with Crippen LogP contribution in [0.4, 0.5) is 0 Å². The minimum atomic E-state index is -0.163. The van der Waals surface area contributed by atoms with E-state index in [9.17, 15) is 4.79 Å². The van der Waals surface area contributed by atoms with E-state index in [-0.39, 0.29) is 11.2 Å². The van der Waals surface area contributed by atoms with Crippen molar-refractivity contribution in [2.75, 3.05) is 6.54 Å². The van der Waals surface area contributed by atoms with Crippen LogP contribution in [0.25, 0.3) is 0 Å². The lowest BCUT2D eigenvalue weighted by Gasteiger charge is -2.24. The van der Waals surface area contributed by atoms with Crippen LogP contribution in [0.15, 0.2) is 53.1 Å². The smallest absolute Gasteiger partial charge is 0.235 e. The molecule has 4 nitrogen and oxygen atoms in total. The van der Waals surface area contributed by atoms with Crippen molar-refractivity contribution >= 4 is 17.7 Å². The summed E-state index contributed by atoms with van der Waals surface area (Å²) in [6.07, 6.45) is 1.92. The van der Waals surface area contributed by atoms with Crippen molar-refractivity contribution in [3.63, 3.8) is 0 Å². The Morgan fingerprint density at radius 3 is 2.74 bits per heavy atom. The van der Waals surface area contributed by atoms with Gasteiger partial charge in [0.25, 0.3) is 0 Å². The van der Waals surface area contributed by atoms with E-state index in [4.69, 9.17) is 9.68 Å². The van der Waals surface area contributed by atoms with Gasteiger partial charge in [-0.2, -0.15) is 5.26 Å². The lowest BCUT2D eigenvalue weighted by atomic mass is 10.2. The predicted octanol–water partition coefficient (Wildman–Crippen LogP) is 3.84. The maximum atomic E-state index is 12.7. The second kappa shape index (κ2) is 9.06. The van der Waals surface area contributed by atoms with E-state index in [0.717, 1.165) is 11.5 Å². The van der Waals surface area contributed by atoms with Crippen LogP contribution < -0.4 is 0 Å².